The van der Waals surface area contributed by atoms with Gasteiger partial charge in [-0.05, 0) is 110 Å². The van der Waals surface area contributed by atoms with Crippen LogP contribution < -0.4 is 0 Å². The van der Waals surface area contributed by atoms with Crippen molar-refractivity contribution in [1.82, 2.24) is 0 Å². The van der Waals surface area contributed by atoms with Gasteiger partial charge in [0.05, 0.1) is 6.10 Å². The van der Waals surface area contributed by atoms with Gasteiger partial charge in [0.2, 0.25) is 0 Å². The van der Waals surface area contributed by atoms with E-state index in [1.54, 1.807) is 5.57 Å². The van der Waals surface area contributed by atoms with E-state index in [1.165, 1.54) is 57.8 Å². The van der Waals surface area contributed by atoms with Crippen LogP contribution in [0.3, 0.4) is 0 Å². The maximum atomic E-state index is 10.5. The first-order valence-electron chi connectivity index (χ1n) is 13.7. The van der Waals surface area contributed by atoms with Gasteiger partial charge in [0.25, 0.3) is 0 Å². The van der Waals surface area contributed by atoms with Gasteiger partial charge in [-0.25, -0.2) is 0 Å². The minimum absolute atomic E-state index is 0.0844. The van der Waals surface area contributed by atoms with Crippen LogP contribution in [0.25, 0.3) is 0 Å². The van der Waals surface area contributed by atoms with E-state index in [-0.39, 0.29) is 6.10 Å². The predicted octanol–water partition coefficient (Wildman–Crippen LogP) is 8.19. The Kier molecular flexibility index (Phi) is 6.59. The molecule has 0 amide bonds. The molecule has 4 rings (SSSR count). The van der Waals surface area contributed by atoms with E-state index in [9.17, 15) is 5.11 Å². The highest BCUT2D eigenvalue weighted by atomic mass is 16.3. The van der Waals surface area contributed by atoms with Crippen molar-refractivity contribution in [3.05, 3.63) is 23.8 Å². The third-order valence-corrected chi connectivity index (χ3v) is 11.4. The molecule has 0 heterocycles. The molecule has 0 spiro atoms. The highest BCUT2D eigenvalue weighted by Gasteiger charge is 2.58. The molecule has 1 unspecified atom stereocenters. The molecule has 0 aromatic carbocycles. The number of hydrogen-bond acceptors (Lipinski definition) is 1. The van der Waals surface area contributed by atoms with Gasteiger partial charge in [-0.3, -0.25) is 0 Å². The number of aliphatic hydroxyl groups excluding tert-OH is 1. The fourth-order valence-corrected chi connectivity index (χ4v) is 9.17. The van der Waals surface area contributed by atoms with Crippen molar-refractivity contribution in [2.45, 2.75) is 112 Å². The minimum atomic E-state index is -0.0844. The summed E-state index contributed by atoms with van der Waals surface area (Å²) in [4.78, 5) is 0. The monoisotopic (exact) mass is 426 g/mol. The third kappa shape index (κ3) is 3.79. The second-order valence-electron chi connectivity index (χ2n) is 12.9. The molecule has 1 heteroatoms. The van der Waals surface area contributed by atoms with Gasteiger partial charge in [-0.1, -0.05) is 71.8 Å². The number of rotatable bonds is 6. The van der Waals surface area contributed by atoms with Gasteiger partial charge in [0.15, 0.2) is 0 Å². The van der Waals surface area contributed by atoms with Crippen molar-refractivity contribution in [3.8, 4) is 0 Å². The molecule has 4 aliphatic carbocycles. The molecule has 0 aromatic rings. The summed E-state index contributed by atoms with van der Waals surface area (Å²) in [6.07, 6.45) is 15.4. The summed E-state index contributed by atoms with van der Waals surface area (Å²) in [5.41, 5.74) is 4.24. The second kappa shape index (κ2) is 8.66. The lowest BCUT2D eigenvalue weighted by Crippen LogP contribution is -2.52. The highest BCUT2D eigenvalue weighted by molar-refractivity contribution is 5.30. The van der Waals surface area contributed by atoms with E-state index < -0.39 is 0 Å². The Morgan fingerprint density at radius 3 is 2.45 bits per heavy atom. The average Bonchev–Trinajstić information content (AvgIpc) is 3.08. The molecule has 4 aliphatic rings. The number of aliphatic hydroxyl groups is 1. The summed E-state index contributed by atoms with van der Waals surface area (Å²) in [6, 6.07) is 0. The van der Waals surface area contributed by atoms with Crippen LogP contribution in [0.1, 0.15) is 106 Å². The van der Waals surface area contributed by atoms with Crippen LogP contribution in [0.15, 0.2) is 23.8 Å². The Balaban J connectivity index is 1.51. The van der Waals surface area contributed by atoms with E-state index in [2.05, 4.69) is 47.6 Å². The average molecular weight is 427 g/mol. The smallest absolute Gasteiger partial charge is 0.0568 e. The maximum Gasteiger partial charge on any atom is 0.0568 e. The Morgan fingerprint density at radius 2 is 1.77 bits per heavy atom. The Hall–Kier alpha value is -0.560. The number of allylic oxidation sites excluding steroid dienone is 3. The van der Waals surface area contributed by atoms with Crippen molar-refractivity contribution in [3.63, 3.8) is 0 Å². The zero-order valence-electron chi connectivity index (χ0n) is 21.4. The van der Waals surface area contributed by atoms with Crippen molar-refractivity contribution in [2.24, 2.45) is 52.3 Å². The summed E-state index contributed by atoms with van der Waals surface area (Å²) >= 11 is 0. The number of hydrogen-bond donors (Lipinski definition) is 1. The lowest BCUT2D eigenvalue weighted by atomic mass is 9.46. The van der Waals surface area contributed by atoms with Crippen molar-refractivity contribution < 1.29 is 5.11 Å². The van der Waals surface area contributed by atoms with E-state index >= 15 is 0 Å². The van der Waals surface area contributed by atoms with E-state index in [0.29, 0.717) is 22.7 Å². The zero-order valence-corrected chi connectivity index (χ0v) is 21.4. The van der Waals surface area contributed by atoms with Crippen molar-refractivity contribution >= 4 is 0 Å². The van der Waals surface area contributed by atoms with Crippen LogP contribution in [0, 0.1) is 52.3 Å². The molecule has 176 valence electrons. The molecule has 3 saturated carbocycles. The fourth-order valence-electron chi connectivity index (χ4n) is 9.17. The third-order valence-electron chi connectivity index (χ3n) is 11.4. The first kappa shape index (κ1) is 23.6. The van der Waals surface area contributed by atoms with E-state index in [4.69, 9.17) is 6.58 Å². The summed E-state index contributed by atoms with van der Waals surface area (Å²) in [6.45, 7) is 19.4. The fraction of sp³-hybridized carbons (Fsp3) is 0.867. The second-order valence-corrected chi connectivity index (χ2v) is 12.9. The predicted molar refractivity (Wildman–Crippen MR) is 133 cm³/mol. The summed E-state index contributed by atoms with van der Waals surface area (Å²) in [7, 11) is 0. The largest absolute Gasteiger partial charge is 0.393 e. The van der Waals surface area contributed by atoms with Crippen LogP contribution in [-0.4, -0.2) is 11.2 Å². The summed E-state index contributed by atoms with van der Waals surface area (Å²) in [5, 5.41) is 10.5. The minimum Gasteiger partial charge on any atom is -0.393 e. The molecular formula is C30H50O. The first-order valence-corrected chi connectivity index (χ1v) is 13.7. The molecule has 31 heavy (non-hydrogen) atoms. The Bertz CT molecular complexity index is 703. The van der Waals surface area contributed by atoms with Crippen LogP contribution in [0.2, 0.25) is 0 Å². The van der Waals surface area contributed by atoms with Crippen LogP contribution >= 0.6 is 0 Å². The maximum absolute atomic E-state index is 10.5. The quantitative estimate of drug-likeness (QED) is 0.424. The molecule has 3 fully saturated rings. The first-order chi connectivity index (χ1) is 14.6. The summed E-state index contributed by atoms with van der Waals surface area (Å²) < 4.78 is 0. The Morgan fingerprint density at radius 1 is 1.10 bits per heavy atom. The standard InChI is InChI=1S/C30H50O/c1-8-22(19(2)3)10-9-20(4)24-13-14-26-23-11-12-25-21(5)28(31)16-18-30(25,7)27(23)15-17-29(24,26)6/h11,19,21-22,24-28,31H,4,8-10,12-18H2,1-3,5-7H3/t21-,22?,24+,25-,26-,27-,28-,29+,30-/m0/s1. The van der Waals surface area contributed by atoms with E-state index in [1.807, 2.05) is 5.57 Å². The molecule has 1 N–H and O–H groups in total. The molecule has 0 bridgehead atoms. The molecule has 0 radical (unpaired) electrons. The molecule has 9 atom stereocenters. The van der Waals surface area contributed by atoms with Crippen LogP contribution in [-0.2, 0) is 0 Å². The molecular weight excluding hydrogens is 376 g/mol. The lowest BCUT2D eigenvalue weighted by Gasteiger charge is -2.59. The normalized spacial score (nSPS) is 45.5. The summed E-state index contributed by atoms with van der Waals surface area (Å²) in [5.74, 6) is 5.02. The van der Waals surface area contributed by atoms with Crippen molar-refractivity contribution in [2.75, 3.05) is 0 Å². The molecule has 0 aliphatic heterocycles. The topological polar surface area (TPSA) is 20.2 Å². The zero-order chi connectivity index (χ0) is 22.6. The molecule has 0 aromatic heterocycles. The van der Waals surface area contributed by atoms with Crippen LogP contribution in [0.5, 0.6) is 0 Å². The molecule has 0 saturated heterocycles. The van der Waals surface area contributed by atoms with Gasteiger partial charge < -0.3 is 5.11 Å². The van der Waals surface area contributed by atoms with Crippen LogP contribution in [0.4, 0.5) is 0 Å². The molecule has 1 nitrogen and oxygen atoms in total. The van der Waals surface area contributed by atoms with Gasteiger partial charge in [-0.2, -0.15) is 0 Å². The van der Waals surface area contributed by atoms with E-state index in [0.717, 1.165) is 36.0 Å². The van der Waals surface area contributed by atoms with Crippen molar-refractivity contribution in [1.29, 1.82) is 0 Å². The van der Waals surface area contributed by atoms with Gasteiger partial charge >= 0.3 is 0 Å². The van der Waals surface area contributed by atoms with Gasteiger partial charge in [0, 0.05) is 0 Å². The van der Waals surface area contributed by atoms with Gasteiger partial charge in [0.1, 0.15) is 0 Å². The highest BCUT2D eigenvalue weighted by Crippen LogP contribution is 2.67. The van der Waals surface area contributed by atoms with Gasteiger partial charge in [-0.15, -0.1) is 0 Å². The lowest BCUT2D eigenvalue weighted by molar-refractivity contribution is -0.0752. The Labute approximate surface area is 193 Å². The number of fused-ring (bicyclic) bond motifs is 5. The SMILES string of the molecule is C=C(CCC(CC)C(C)C)[C@H]1CC[C@H]2C3=CC[C@H]4[C@H](C)[C@@H](O)CC[C@]4(C)[C@H]3CC[C@]12C.